The fraction of sp³-hybridized carbons (Fsp3) is 0.400. The van der Waals surface area contributed by atoms with Crippen LogP contribution >= 0.6 is 23.4 Å². The SMILES string of the molecule is CN(C(=O)CSc1nnc(-c2cccc(Cl)c2)n1N)[C@@H]1CCS(=O)(=O)C1. The van der Waals surface area contributed by atoms with Crippen molar-refractivity contribution in [1.29, 1.82) is 0 Å². The predicted octanol–water partition coefficient (Wildman–Crippen LogP) is 1.05. The first kappa shape index (κ1) is 19.0. The van der Waals surface area contributed by atoms with Gasteiger partial charge in [0, 0.05) is 23.7 Å². The topological polar surface area (TPSA) is 111 Å². The lowest BCUT2D eigenvalue weighted by Gasteiger charge is -2.23. The average molecular weight is 416 g/mol. The Kier molecular flexibility index (Phi) is 5.44. The van der Waals surface area contributed by atoms with Crippen molar-refractivity contribution in [3.8, 4) is 11.4 Å². The molecule has 8 nitrogen and oxygen atoms in total. The quantitative estimate of drug-likeness (QED) is 0.573. The number of rotatable bonds is 5. The molecule has 0 bridgehead atoms. The average Bonchev–Trinajstić information content (AvgIpc) is 3.14. The molecule has 1 atom stereocenters. The highest BCUT2D eigenvalue weighted by Gasteiger charge is 2.32. The number of nitrogens with zero attached hydrogens (tertiary/aromatic N) is 4. The highest BCUT2D eigenvalue weighted by atomic mass is 35.5. The molecule has 1 amide bonds. The van der Waals surface area contributed by atoms with Gasteiger partial charge in [-0.3, -0.25) is 4.79 Å². The van der Waals surface area contributed by atoms with Crippen LogP contribution in [0.2, 0.25) is 5.02 Å². The zero-order chi connectivity index (χ0) is 18.9. The summed E-state index contributed by atoms with van der Waals surface area (Å²) < 4.78 is 24.4. The monoisotopic (exact) mass is 415 g/mol. The molecular formula is C15H18ClN5O3S2. The van der Waals surface area contributed by atoms with Crippen LogP contribution in [0, 0.1) is 0 Å². The number of benzene rings is 1. The fourth-order valence-electron chi connectivity index (χ4n) is 2.71. The molecule has 11 heteroatoms. The first-order valence-corrected chi connectivity index (χ1v) is 11.0. The lowest BCUT2D eigenvalue weighted by atomic mass is 10.2. The Labute approximate surface area is 160 Å². The summed E-state index contributed by atoms with van der Waals surface area (Å²) in [7, 11) is -1.41. The van der Waals surface area contributed by atoms with Gasteiger partial charge in [0.25, 0.3) is 0 Å². The molecule has 1 saturated heterocycles. The number of amides is 1. The van der Waals surface area contributed by atoms with Crippen molar-refractivity contribution >= 4 is 39.1 Å². The lowest BCUT2D eigenvalue weighted by Crippen LogP contribution is -2.38. The third-order valence-electron chi connectivity index (χ3n) is 4.22. The minimum Gasteiger partial charge on any atom is -0.341 e. The van der Waals surface area contributed by atoms with Gasteiger partial charge in [-0.15, -0.1) is 10.2 Å². The maximum absolute atomic E-state index is 12.3. The molecule has 0 radical (unpaired) electrons. The minimum absolute atomic E-state index is 0.0197. The number of nitrogen functional groups attached to an aromatic ring is 1. The molecule has 140 valence electrons. The molecule has 0 spiro atoms. The van der Waals surface area contributed by atoms with Crippen molar-refractivity contribution in [3.63, 3.8) is 0 Å². The van der Waals surface area contributed by atoms with Crippen molar-refractivity contribution < 1.29 is 13.2 Å². The number of carbonyl (C=O) groups excluding carboxylic acids is 1. The Morgan fingerprint density at radius 1 is 1.46 bits per heavy atom. The molecule has 26 heavy (non-hydrogen) atoms. The van der Waals surface area contributed by atoms with Crippen LogP contribution in [0.4, 0.5) is 0 Å². The summed E-state index contributed by atoms with van der Waals surface area (Å²) in [5.74, 6) is 6.54. The van der Waals surface area contributed by atoms with E-state index in [1.807, 2.05) is 6.07 Å². The van der Waals surface area contributed by atoms with E-state index < -0.39 is 9.84 Å². The Morgan fingerprint density at radius 2 is 2.23 bits per heavy atom. The first-order chi connectivity index (χ1) is 12.3. The standard InChI is InChI=1S/C15H18ClN5O3S2/c1-20(12-5-6-26(23,24)9-12)13(22)8-25-15-19-18-14(21(15)17)10-3-2-4-11(16)7-10/h2-4,7,12H,5-6,8-9,17H2,1H3/t12-/m1/s1. The molecule has 2 heterocycles. The maximum atomic E-state index is 12.3. The number of aromatic nitrogens is 3. The Morgan fingerprint density at radius 3 is 2.88 bits per heavy atom. The molecule has 1 aliphatic rings. The van der Waals surface area contributed by atoms with E-state index in [2.05, 4.69) is 10.2 Å². The van der Waals surface area contributed by atoms with Crippen LogP contribution < -0.4 is 5.84 Å². The molecule has 0 saturated carbocycles. The highest BCUT2D eigenvalue weighted by molar-refractivity contribution is 7.99. The number of hydrogen-bond donors (Lipinski definition) is 1. The van der Waals surface area contributed by atoms with Gasteiger partial charge < -0.3 is 10.7 Å². The summed E-state index contributed by atoms with van der Waals surface area (Å²) in [4.78, 5) is 13.8. The van der Waals surface area contributed by atoms with E-state index in [1.54, 1.807) is 25.2 Å². The van der Waals surface area contributed by atoms with Gasteiger partial charge in [0.05, 0.1) is 17.3 Å². The highest BCUT2D eigenvalue weighted by Crippen LogP contribution is 2.24. The minimum atomic E-state index is -3.04. The van der Waals surface area contributed by atoms with E-state index in [1.165, 1.54) is 9.58 Å². The van der Waals surface area contributed by atoms with E-state index >= 15 is 0 Å². The molecule has 2 N–H and O–H groups in total. The van der Waals surface area contributed by atoms with Crippen molar-refractivity contribution in [1.82, 2.24) is 19.8 Å². The van der Waals surface area contributed by atoms with Crippen LogP contribution in [0.15, 0.2) is 29.4 Å². The zero-order valence-corrected chi connectivity index (χ0v) is 16.4. The second-order valence-electron chi connectivity index (χ2n) is 6.04. The molecule has 0 aliphatic carbocycles. The molecule has 1 fully saturated rings. The summed E-state index contributed by atoms with van der Waals surface area (Å²) in [6.45, 7) is 0. The van der Waals surface area contributed by atoms with Crippen LogP contribution in [0.3, 0.4) is 0 Å². The summed E-state index contributed by atoms with van der Waals surface area (Å²) in [6, 6.07) is 6.80. The van der Waals surface area contributed by atoms with Crippen LogP contribution in [0.25, 0.3) is 11.4 Å². The van der Waals surface area contributed by atoms with Crippen molar-refractivity contribution in [2.24, 2.45) is 0 Å². The second-order valence-corrected chi connectivity index (χ2v) is 9.64. The fourth-order valence-corrected chi connectivity index (χ4v) is 5.46. The van der Waals surface area contributed by atoms with Crippen LogP contribution in [0.1, 0.15) is 6.42 Å². The Bertz CT molecular complexity index is 931. The van der Waals surface area contributed by atoms with Gasteiger partial charge in [-0.2, -0.15) is 0 Å². The number of nitrogens with two attached hydrogens (primary N) is 1. The number of carbonyl (C=O) groups is 1. The first-order valence-electron chi connectivity index (χ1n) is 7.82. The van der Waals surface area contributed by atoms with Crippen LogP contribution in [-0.2, 0) is 14.6 Å². The van der Waals surface area contributed by atoms with Crippen molar-refractivity contribution in [2.45, 2.75) is 17.6 Å². The van der Waals surface area contributed by atoms with E-state index in [-0.39, 0.29) is 29.2 Å². The van der Waals surface area contributed by atoms with E-state index in [0.29, 0.717) is 22.4 Å². The summed E-state index contributed by atoms with van der Waals surface area (Å²) >= 11 is 7.13. The van der Waals surface area contributed by atoms with Crippen LogP contribution in [-0.4, -0.2) is 64.4 Å². The van der Waals surface area contributed by atoms with Gasteiger partial charge in [0.1, 0.15) is 0 Å². The van der Waals surface area contributed by atoms with E-state index in [4.69, 9.17) is 17.4 Å². The number of hydrogen-bond acceptors (Lipinski definition) is 7. The number of sulfone groups is 1. The molecule has 1 aromatic carbocycles. The largest absolute Gasteiger partial charge is 0.341 e. The molecule has 1 aromatic heterocycles. The third-order valence-corrected chi connectivity index (χ3v) is 7.13. The molecule has 3 rings (SSSR count). The number of thioether (sulfide) groups is 1. The van der Waals surface area contributed by atoms with Crippen LogP contribution in [0.5, 0.6) is 0 Å². The van der Waals surface area contributed by atoms with Gasteiger partial charge in [0.15, 0.2) is 15.7 Å². The Balaban J connectivity index is 1.64. The zero-order valence-electron chi connectivity index (χ0n) is 14.0. The lowest BCUT2D eigenvalue weighted by molar-refractivity contribution is -0.128. The summed E-state index contributed by atoms with van der Waals surface area (Å²) in [6.07, 6.45) is 0.473. The Hall–Kier alpha value is -1.78. The van der Waals surface area contributed by atoms with E-state index in [0.717, 1.165) is 17.3 Å². The molecular weight excluding hydrogens is 398 g/mol. The van der Waals surface area contributed by atoms with Gasteiger partial charge in [-0.1, -0.05) is 35.5 Å². The maximum Gasteiger partial charge on any atom is 0.233 e. The smallest absolute Gasteiger partial charge is 0.233 e. The van der Waals surface area contributed by atoms with Gasteiger partial charge in [-0.05, 0) is 18.6 Å². The normalized spacial score (nSPS) is 18.8. The van der Waals surface area contributed by atoms with Crippen molar-refractivity contribution in [3.05, 3.63) is 29.3 Å². The molecule has 2 aromatic rings. The second kappa shape index (κ2) is 7.45. The van der Waals surface area contributed by atoms with E-state index in [9.17, 15) is 13.2 Å². The summed E-state index contributed by atoms with van der Waals surface area (Å²) in [5.41, 5.74) is 0.721. The van der Waals surface area contributed by atoms with Gasteiger partial charge >= 0.3 is 0 Å². The third kappa shape index (κ3) is 4.13. The molecule has 1 aliphatic heterocycles. The summed E-state index contributed by atoms with van der Waals surface area (Å²) in [5, 5.41) is 9.01. The van der Waals surface area contributed by atoms with Gasteiger partial charge in [0.2, 0.25) is 11.1 Å². The van der Waals surface area contributed by atoms with Crippen molar-refractivity contribution in [2.75, 3.05) is 30.1 Å². The molecule has 0 unspecified atom stereocenters. The number of halogens is 1. The van der Waals surface area contributed by atoms with Gasteiger partial charge in [-0.25, -0.2) is 13.1 Å². The predicted molar refractivity (Wildman–Crippen MR) is 101 cm³/mol.